The van der Waals surface area contributed by atoms with Crippen LogP contribution in [0.2, 0.25) is 0 Å². The SMILES string of the molecule is Cc1ccc(C(O)CNCc2nc3c(s2)CC(C)CC3)cc1. The van der Waals surface area contributed by atoms with Gasteiger partial charge in [0.05, 0.1) is 11.8 Å². The van der Waals surface area contributed by atoms with Gasteiger partial charge < -0.3 is 10.4 Å². The molecule has 2 unspecified atom stereocenters. The minimum absolute atomic E-state index is 0.463. The van der Waals surface area contributed by atoms with Crippen LogP contribution in [0.4, 0.5) is 0 Å². The monoisotopic (exact) mass is 316 g/mol. The predicted molar refractivity (Wildman–Crippen MR) is 91.1 cm³/mol. The topological polar surface area (TPSA) is 45.1 Å². The minimum atomic E-state index is -0.463. The zero-order chi connectivity index (χ0) is 15.5. The molecule has 0 bridgehead atoms. The van der Waals surface area contributed by atoms with E-state index in [9.17, 15) is 5.11 Å². The third-order valence-corrected chi connectivity index (χ3v) is 5.43. The van der Waals surface area contributed by atoms with Gasteiger partial charge in [0.2, 0.25) is 0 Å². The fourth-order valence-electron chi connectivity index (χ4n) is 2.89. The highest BCUT2D eigenvalue weighted by molar-refractivity contribution is 7.11. The zero-order valence-corrected chi connectivity index (χ0v) is 14.1. The first-order valence-corrected chi connectivity index (χ1v) is 8.86. The largest absolute Gasteiger partial charge is 0.387 e. The summed E-state index contributed by atoms with van der Waals surface area (Å²) in [5.41, 5.74) is 3.48. The fraction of sp³-hybridized carbons (Fsp3) is 0.500. The average molecular weight is 316 g/mol. The molecule has 2 aromatic rings. The van der Waals surface area contributed by atoms with Gasteiger partial charge in [-0.15, -0.1) is 11.3 Å². The Hall–Kier alpha value is -1.23. The molecule has 1 aromatic heterocycles. The molecule has 0 aliphatic heterocycles. The van der Waals surface area contributed by atoms with Gasteiger partial charge in [0, 0.05) is 18.0 Å². The molecule has 22 heavy (non-hydrogen) atoms. The third kappa shape index (κ3) is 3.75. The van der Waals surface area contributed by atoms with E-state index in [-0.39, 0.29) is 0 Å². The lowest BCUT2D eigenvalue weighted by atomic mass is 9.93. The number of nitrogens with one attached hydrogen (secondary N) is 1. The first-order chi connectivity index (χ1) is 10.6. The molecule has 0 fully saturated rings. The molecule has 0 saturated heterocycles. The summed E-state index contributed by atoms with van der Waals surface area (Å²) < 4.78 is 0. The molecule has 0 saturated carbocycles. The maximum atomic E-state index is 10.2. The van der Waals surface area contributed by atoms with E-state index in [1.54, 1.807) is 0 Å². The van der Waals surface area contributed by atoms with Crippen LogP contribution in [0.5, 0.6) is 0 Å². The van der Waals surface area contributed by atoms with Gasteiger partial charge in [-0.05, 0) is 37.7 Å². The second kappa shape index (κ2) is 6.90. The molecule has 118 valence electrons. The van der Waals surface area contributed by atoms with Crippen molar-refractivity contribution < 1.29 is 5.11 Å². The Bertz CT molecular complexity index is 621. The number of aryl methyl sites for hydroxylation is 2. The normalized spacial score (nSPS) is 19.0. The number of aliphatic hydroxyl groups excluding tert-OH is 1. The Morgan fingerprint density at radius 2 is 2.14 bits per heavy atom. The van der Waals surface area contributed by atoms with Crippen molar-refractivity contribution in [1.29, 1.82) is 0 Å². The molecule has 1 aromatic carbocycles. The number of hydrogen-bond acceptors (Lipinski definition) is 4. The summed E-state index contributed by atoms with van der Waals surface area (Å²) in [6.45, 7) is 5.68. The summed E-state index contributed by atoms with van der Waals surface area (Å²) >= 11 is 1.83. The number of hydrogen-bond donors (Lipinski definition) is 2. The molecular weight excluding hydrogens is 292 g/mol. The maximum absolute atomic E-state index is 10.2. The second-order valence-corrected chi connectivity index (χ2v) is 7.55. The molecule has 4 heteroatoms. The van der Waals surface area contributed by atoms with Crippen molar-refractivity contribution in [3.8, 4) is 0 Å². The lowest BCUT2D eigenvalue weighted by Gasteiger charge is -2.15. The number of aliphatic hydroxyl groups is 1. The number of benzene rings is 1. The van der Waals surface area contributed by atoms with E-state index >= 15 is 0 Å². The van der Waals surface area contributed by atoms with Crippen LogP contribution >= 0.6 is 11.3 Å². The van der Waals surface area contributed by atoms with Gasteiger partial charge in [-0.2, -0.15) is 0 Å². The van der Waals surface area contributed by atoms with Crippen molar-refractivity contribution in [3.63, 3.8) is 0 Å². The van der Waals surface area contributed by atoms with E-state index in [4.69, 9.17) is 4.98 Å². The molecule has 1 heterocycles. The Morgan fingerprint density at radius 1 is 1.36 bits per heavy atom. The van der Waals surface area contributed by atoms with Gasteiger partial charge in [0.25, 0.3) is 0 Å². The number of thiazole rings is 1. The lowest BCUT2D eigenvalue weighted by molar-refractivity contribution is 0.174. The van der Waals surface area contributed by atoms with E-state index in [2.05, 4.69) is 19.2 Å². The molecule has 2 N–H and O–H groups in total. The first-order valence-electron chi connectivity index (χ1n) is 8.04. The first kappa shape index (κ1) is 15.7. The van der Waals surface area contributed by atoms with E-state index in [0.717, 1.165) is 29.5 Å². The smallest absolute Gasteiger partial charge is 0.107 e. The van der Waals surface area contributed by atoms with Crippen LogP contribution in [0.3, 0.4) is 0 Å². The molecule has 3 rings (SSSR count). The van der Waals surface area contributed by atoms with Gasteiger partial charge >= 0.3 is 0 Å². The molecule has 2 atom stereocenters. The summed E-state index contributed by atoms with van der Waals surface area (Å²) in [4.78, 5) is 6.21. The van der Waals surface area contributed by atoms with Gasteiger partial charge in [-0.25, -0.2) is 4.98 Å². The van der Waals surface area contributed by atoms with Crippen LogP contribution < -0.4 is 5.32 Å². The number of fused-ring (bicyclic) bond motifs is 1. The maximum Gasteiger partial charge on any atom is 0.107 e. The summed E-state index contributed by atoms with van der Waals surface area (Å²) in [5, 5.41) is 14.7. The molecule has 1 aliphatic carbocycles. The summed E-state index contributed by atoms with van der Waals surface area (Å²) in [6, 6.07) is 8.06. The van der Waals surface area contributed by atoms with Crippen molar-refractivity contribution in [3.05, 3.63) is 51.0 Å². The Balaban J connectivity index is 1.52. The van der Waals surface area contributed by atoms with Crippen molar-refractivity contribution in [2.75, 3.05) is 6.54 Å². The van der Waals surface area contributed by atoms with E-state index < -0.39 is 6.10 Å². The minimum Gasteiger partial charge on any atom is -0.387 e. The molecule has 0 amide bonds. The van der Waals surface area contributed by atoms with Crippen molar-refractivity contribution >= 4 is 11.3 Å². The Morgan fingerprint density at radius 3 is 2.91 bits per heavy atom. The average Bonchev–Trinajstić information content (AvgIpc) is 2.89. The summed E-state index contributed by atoms with van der Waals surface area (Å²) in [5.74, 6) is 0.789. The van der Waals surface area contributed by atoms with Crippen LogP contribution in [0.25, 0.3) is 0 Å². The van der Waals surface area contributed by atoms with Gasteiger partial charge in [0.1, 0.15) is 5.01 Å². The quantitative estimate of drug-likeness (QED) is 0.888. The van der Waals surface area contributed by atoms with Crippen molar-refractivity contribution in [1.82, 2.24) is 10.3 Å². The van der Waals surface area contributed by atoms with Crippen LogP contribution in [0.1, 0.15) is 46.2 Å². The van der Waals surface area contributed by atoms with Gasteiger partial charge in [-0.1, -0.05) is 36.8 Å². The number of aromatic nitrogens is 1. The fourth-order valence-corrected chi connectivity index (χ4v) is 4.14. The molecule has 0 spiro atoms. The van der Waals surface area contributed by atoms with Gasteiger partial charge in [-0.3, -0.25) is 0 Å². The Labute approximate surface area is 136 Å². The summed E-state index contributed by atoms with van der Waals surface area (Å²) in [7, 11) is 0. The zero-order valence-electron chi connectivity index (χ0n) is 13.3. The molecular formula is C18H24N2OS. The Kier molecular flexibility index (Phi) is 4.91. The van der Waals surface area contributed by atoms with Crippen LogP contribution in [0.15, 0.2) is 24.3 Å². The van der Waals surface area contributed by atoms with E-state index in [1.807, 2.05) is 35.6 Å². The van der Waals surface area contributed by atoms with Crippen molar-refractivity contribution in [2.24, 2.45) is 5.92 Å². The van der Waals surface area contributed by atoms with Crippen LogP contribution in [0, 0.1) is 12.8 Å². The molecule has 0 radical (unpaired) electrons. The highest BCUT2D eigenvalue weighted by Crippen LogP contribution is 2.29. The van der Waals surface area contributed by atoms with E-state index in [1.165, 1.54) is 29.0 Å². The number of rotatable bonds is 5. The highest BCUT2D eigenvalue weighted by Gasteiger charge is 2.19. The predicted octanol–water partition coefficient (Wildman–Crippen LogP) is 3.40. The standard InChI is InChI=1S/C18H24N2OS/c1-12-3-6-14(7-4-12)16(21)10-19-11-18-20-15-8-5-13(2)9-17(15)22-18/h3-4,6-7,13,16,19,21H,5,8-11H2,1-2H3. The van der Waals surface area contributed by atoms with Crippen molar-refractivity contribution in [2.45, 2.75) is 45.8 Å². The lowest BCUT2D eigenvalue weighted by Crippen LogP contribution is -2.21. The molecule has 1 aliphatic rings. The second-order valence-electron chi connectivity index (χ2n) is 6.38. The van der Waals surface area contributed by atoms with Crippen LogP contribution in [-0.2, 0) is 19.4 Å². The summed E-state index contributed by atoms with van der Waals surface area (Å²) in [6.07, 6.45) is 3.10. The van der Waals surface area contributed by atoms with Gasteiger partial charge in [0.15, 0.2) is 0 Å². The third-order valence-electron chi connectivity index (χ3n) is 4.31. The molecule has 3 nitrogen and oxygen atoms in total. The number of nitrogens with zero attached hydrogens (tertiary/aromatic N) is 1. The van der Waals surface area contributed by atoms with Crippen LogP contribution in [-0.4, -0.2) is 16.6 Å². The highest BCUT2D eigenvalue weighted by atomic mass is 32.1. The van der Waals surface area contributed by atoms with E-state index in [0.29, 0.717) is 6.54 Å².